The van der Waals surface area contributed by atoms with Gasteiger partial charge in [0.15, 0.2) is 0 Å². The van der Waals surface area contributed by atoms with Gasteiger partial charge in [-0.05, 0) is 37.0 Å². The van der Waals surface area contributed by atoms with Crippen molar-refractivity contribution >= 4 is 34.2 Å². The van der Waals surface area contributed by atoms with Gasteiger partial charge in [-0.3, -0.25) is 4.79 Å². The second kappa shape index (κ2) is 7.27. The standard InChI is InChI=1S/C14H19BrN2O.ClH/c15-12-5-3-11(4-6-12)7-10-17-13(18)14(16)8-1-2-9-14;/h3-6H,1-2,7-10,16H2,(H,17,18);1H. The van der Waals surface area contributed by atoms with Gasteiger partial charge in [-0.1, -0.05) is 40.9 Å². The molecule has 0 unspecified atom stereocenters. The molecule has 0 spiro atoms. The van der Waals surface area contributed by atoms with Crippen molar-refractivity contribution in [3.63, 3.8) is 0 Å². The molecule has 0 atom stereocenters. The van der Waals surface area contributed by atoms with E-state index in [0.717, 1.165) is 36.6 Å². The largest absolute Gasteiger partial charge is 0.354 e. The zero-order valence-corrected chi connectivity index (χ0v) is 13.2. The number of nitrogens with one attached hydrogen (secondary N) is 1. The summed E-state index contributed by atoms with van der Waals surface area (Å²) in [6, 6.07) is 8.14. The second-order valence-corrected chi connectivity index (χ2v) is 5.91. The summed E-state index contributed by atoms with van der Waals surface area (Å²) in [5, 5.41) is 2.95. The number of amides is 1. The second-order valence-electron chi connectivity index (χ2n) is 5.00. The molecule has 5 heteroatoms. The van der Waals surface area contributed by atoms with E-state index in [4.69, 9.17) is 5.73 Å². The van der Waals surface area contributed by atoms with E-state index in [1.54, 1.807) is 0 Å². The average molecular weight is 348 g/mol. The number of carbonyl (C=O) groups is 1. The van der Waals surface area contributed by atoms with Gasteiger partial charge in [0.25, 0.3) is 0 Å². The summed E-state index contributed by atoms with van der Waals surface area (Å²) in [5.41, 5.74) is 6.69. The van der Waals surface area contributed by atoms with Crippen molar-refractivity contribution in [3.05, 3.63) is 34.3 Å². The third-order valence-corrected chi connectivity index (χ3v) is 4.09. The van der Waals surface area contributed by atoms with E-state index in [2.05, 4.69) is 33.4 Å². The Morgan fingerprint density at radius 1 is 1.26 bits per heavy atom. The fourth-order valence-corrected chi connectivity index (χ4v) is 2.64. The molecule has 0 heterocycles. The lowest BCUT2D eigenvalue weighted by atomic mass is 9.98. The summed E-state index contributed by atoms with van der Waals surface area (Å²) in [7, 11) is 0. The SMILES string of the molecule is Cl.NC1(C(=O)NCCc2ccc(Br)cc2)CCCC1. The Labute approximate surface area is 128 Å². The maximum absolute atomic E-state index is 12.0. The summed E-state index contributed by atoms with van der Waals surface area (Å²) in [5.74, 6) is 0.0112. The summed E-state index contributed by atoms with van der Waals surface area (Å²) < 4.78 is 1.07. The molecule has 3 N–H and O–H groups in total. The topological polar surface area (TPSA) is 55.1 Å². The highest BCUT2D eigenvalue weighted by Gasteiger charge is 2.36. The van der Waals surface area contributed by atoms with Crippen molar-refractivity contribution in [2.45, 2.75) is 37.6 Å². The van der Waals surface area contributed by atoms with Crippen LogP contribution in [0.5, 0.6) is 0 Å². The van der Waals surface area contributed by atoms with E-state index in [9.17, 15) is 4.79 Å². The van der Waals surface area contributed by atoms with Crippen molar-refractivity contribution in [3.8, 4) is 0 Å². The lowest BCUT2D eigenvalue weighted by Gasteiger charge is -2.22. The zero-order valence-electron chi connectivity index (χ0n) is 10.8. The third kappa shape index (κ3) is 4.48. The van der Waals surface area contributed by atoms with E-state index < -0.39 is 5.54 Å². The van der Waals surface area contributed by atoms with Crippen LogP contribution < -0.4 is 11.1 Å². The Balaban J connectivity index is 0.00000180. The molecular formula is C14H20BrClN2O. The lowest BCUT2D eigenvalue weighted by Crippen LogP contribution is -2.52. The number of hydrogen-bond donors (Lipinski definition) is 2. The smallest absolute Gasteiger partial charge is 0.240 e. The normalized spacial score (nSPS) is 16.7. The predicted molar refractivity (Wildman–Crippen MR) is 83.5 cm³/mol. The molecule has 106 valence electrons. The van der Waals surface area contributed by atoms with Crippen LogP contribution in [0.15, 0.2) is 28.7 Å². The van der Waals surface area contributed by atoms with Crippen LogP contribution in [-0.4, -0.2) is 18.0 Å². The van der Waals surface area contributed by atoms with Gasteiger partial charge in [-0.15, -0.1) is 12.4 Å². The van der Waals surface area contributed by atoms with Gasteiger partial charge >= 0.3 is 0 Å². The highest BCUT2D eigenvalue weighted by Crippen LogP contribution is 2.27. The van der Waals surface area contributed by atoms with Crippen LogP contribution in [0.2, 0.25) is 0 Å². The van der Waals surface area contributed by atoms with Crippen molar-refractivity contribution in [1.82, 2.24) is 5.32 Å². The van der Waals surface area contributed by atoms with Crippen LogP contribution in [0.1, 0.15) is 31.2 Å². The molecular weight excluding hydrogens is 328 g/mol. The Morgan fingerprint density at radius 3 is 2.42 bits per heavy atom. The summed E-state index contributed by atoms with van der Waals surface area (Å²) >= 11 is 3.40. The predicted octanol–water partition coefficient (Wildman–Crippen LogP) is 2.80. The van der Waals surface area contributed by atoms with Crippen LogP contribution in [0.3, 0.4) is 0 Å². The molecule has 0 aromatic heterocycles. The molecule has 0 radical (unpaired) electrons. The van der Waals surface area contributed by atoms with Gasteiger partial charge in [0.05, 0.1) is 5.54 Å². The molecule has 1 fully saturated rings. The fraction of sp³-hybridized carbons (Fsp3) is 0.500. The Bertz CT molecular complexity index is 416. The van der Waals surface area contributed by atoms with Crippen LogP contribution in [0, 0.1) is 0 Å². The van der Waals surface area contributed by atoms with Crippen molar-refractivity contribution in [1.29, 1.82) is 0 Å². The molecule has 0 bridgehead atoms. The molecule has 0 saturated heterocycles. The molecule has 19 heavy (non-hydrogen) atoms. The number of benzene rings is 1. The monoisotopic (exact) mass is 346 g/mol. The highest BCUT2D eigenvalue weighted by molar-refractivity contribution is 9.10. The third-order valence-electron chi connectivity index (χ3n) is 3.56. The Hall–Kier alpha value is -0.580. The van der Waals surface area contributed by atoms with E-state index in [-0.39, 0.29) is 18.3 Å². The minimum Gasteiger partial charge on any atom is -0.354 e. The van der Waals surface area contributed by atoms with Gasteiger partial charge in [0.2, 0.25) is 5.91 Å². The Morgan fingerprint density at radius 2 is 1.84 bits per heavy atom. The number of carbonyl (C=O) groups excluding carboxylic acids is 1. The lowest BCUT2D eigenvalue weighted by molar-refractivity contribution is -0.126. The fourth-order valence-electron chi connectivity index (χ4n) is 2.38. The van der Waals surface area contributed by atoms with Gasteiger partial charge in [0, 0.05) is 11.0 Å². The zero-order chi connectivity index (χ0) is 13.0. The summed E-state index contributed by atoms with van der Waals surface area (Å²) in [6.07, 6.45) is 4.61. The van der Waals surface area contributed by atoms with E-state index >= 15 is 0 Å². The minimum absolute atomic E-state index is 0. The number of hydrogen-bond acceptors (Lipinski definition) is 2. The average Bonchev–Trinajstić information content (AvgIpc) is 2.80. The van der Waals surface area contributed by atoms with E-state index in [1.807, 2.05) is 12.1 Å². The van der Waals surface area contributed by atoms with Crippen LogP contribution in [0.25, 0.3) is 0 Å². The van der Waals surface area contributed by atoms with Crippen LogP contribution >= 0.6 is 28.3 Å². The first-order valence-corrected chi connectivity index (χ1v) is 7.21. The molecule has 1 saturated carbocycles. The quantitative estimate of drug-likeness (QED) is 0.880. The van der Waals surface area contributed by atoms with Gasteiger partial charge < -0.3 is 11.1 Å². The molecule has 1 aromatic carbocycles. The molecule has 3 nitrogen and oxygen atoms in total. The number of rotatable bonds is 4. The van der Waals surface area contributed by atoms with Gasteiger partial charge in [-0.2, -0.15) is 0 Å². The first-order chi connectivity index (χ1) is 8.60. The molecule has 1 amide bonds. The van der Waals surface area contributed by atoms with E-state index in [1.165, 1.54) is 5.56 Å². The van der Waals surface area contributed by atoms with Crippen LogP contribution in [0.4, 0.5) is 0 Å². The van der Waals surface area contributed by atoms with Gasteiger partial charge in [0.1, 0.15) is 0 Å². The minimum atomic E-state index is -0.611. The van der Waals surface area contributed by atoms with Crippen molar-refractivity contribution < 1.29 is 4.79 Å². The Kier molecular flexibility index (Phi) is 6.30. The first-order valence-electron chi connectivity index (χ1n) is 6.42. The maximum Gasteiger partial charge on any atom is 0.240 e. The molecule has 2 rings (SSSR count). The molecule has 0 aliphatic heterocycles. The molecule has 1 aliphatic rings. The molecule has 1 aromatic rings. The maximum atomic E-state index is 12.0. The highest BCUT2D eigenvalue weighted by atomic mass is 79.9. The van der Waals surface area contributed by atoms with E-state index in [0.29, 0.717) is 6.54 Å². The van der Waals surface area contributed by atoms with Crippen LogP contribution in [-0.2, 0) is 11.2 Å². The molecule has 1 aliphatic carbocycles. The first kappa shape index (κ1) is 16.5. The van der Waals surface area contributed by atoms with Gasteiger partial charge in [-0.25, -0.2) is 0 Å². The number of nitrogens with two attached hydrogens (primary N) is 1. The van der Waals surface area contributed by atoms with Crippen molar-refractivity contribution in [2.24, 2.45) is 5.73 Å². The summed E-state index contributed by atoms with van der Waals surface area (Å²) in [4.78, 5) is 12.0. The van der Waals surface area contributed by atoms with Crippen molar-refractivity contribution in [2.75, 3.05) is 6.54 Å². The number of halogens is 2. The summed E-state index contributed by atoms with van der Waals surface area (Å²) in [6.45, 7) is 0.652.